The standard InChI is InChI=1S/C21H15F4N5O2/c22-15-7-5-12(9-14(15)21(23,24)25)30(20(27)32)11-3-1-10(2-4-11)13-6-8-16(31)18-17(13)19(26)29-28-18/h1-9,31H,(H2,27,32)(H3,26,28,29). The van der Waals surface area contributed by atoms with Crippen LogP contribution in [0.15, 0.2) is 54.6 Å². The smallest absolute Gasteiger partial charge is 0.419 e. The number of amides is 2. The molecule has 0 saturated heterocycles. The van der Waals surface area contributed by atoms with Gasteiger partial charge in [0.05, 0.1) is 22.3 Å². The van der Waals surface area contributed by atoms with Gasteiger partial charge in [0.2, 0.25) is 0 Å². The molecule has 11 heteroatoms. The molecule has 0 aliphatic rings. The number of H-pyrrole nitrogens is 1. The number of anilines is 3. The number of phenolic OH excluding ortho intramolecular Hbond substituents is 1. The molecule has 32 heavy (non-hydrogen) atoms. The van der Waals surface area contributed by atoms with Gasteiger partial charge in [-0.05, 0) is 53.6 Å². The van der Waals surface area contributed by atoms with E-state index in [4.69, 9.17) is 11.5 Å². The second-order valence-corrected chi connectivity index (χ2v) is 6.87. The number of carbonyl (C=O) groups is 1. The van der Waals surface area contributed by atoms with E-state index < -0.39 is 23.6 Å². The van der Waals surface area contributed by atoms with E-state index in [0.717, 1.165) is 11.0 Å². The van der Waals surface area contributed by atoms with Crippen LogP contribution in [0.1, 0.15) is 5.56 Å². The minimum absolute atomic E-state index is 0.0405. The number of urea groups is 1. The highest BCUT2D eigenvalue weighted by Crippen LogP contribution is 2.38. The first-order valence-electron chi connectivity index (χ1n) is 9.10. The van der Waals surface area contributed by atoms with E-state index in [1.54, 1.807) is 18.2 Å². The molecule has 1 heterocycles. The molecular weight excluding hydrogens is 430 g/mol. The highest BCUT2D eigenvalue weighted by Gasteiger charge is 2.35. The lowest BCUT2D eigenvalue weighted by molar-refractivity contribution is -0.139. The number of halogens is 4. The zero-order valence-corrected chi connectivity index (χ0v) is 16.1. The number of phenols is 1. The van der Waals surface area contributed by atoms with Gasteiger partial charge in [-0.15, -0.1) is 0 Å². The summed E-state index contributed by atoms with van der Waals surface area (Å²) in [6.45, 7) is 0. The third-order valence-corrected chi connectivity index (χ3v) is 4.90. The summed E-state index contributed by atoms with van der Waals surface area (Å²) in [5, 5.41) is 17.0. The predicted octanol–water partition coefficient (Wildman–Crippen LogP) is 4.89. The summed E-state index contributed by atoms with van der Waals surface area (Å²) in [5.74, 6) is -1.34. The molecule has 0 saturated carbocycles. The summed E-state index contributed by atoms with van der Waals surface area (Å²) in [6, 6.07) is 10.3. The van der Waals surface area contributed by atoms with Crippen molar-refractivity contribution in [2.45, 2.75) is 6.18 Å². The molecule has 4 aromatic rings. The van der Waals surface area contributed by atoms with Crippen LogP contribution in [0.2, 0.25) is 0 Å². The number of nitrogens with zero attached hydrogens (tertiary/aromatic N) is 2. The van der Waals surface area contributed by atoms with Gasteiger partial charge < -0.3 is 16.6 Å². The molecule has 7 nitrogen and oxygen atoms in total. The van der Waals surface area contributed by atoms with Gasteiger partial charge >= 0.3 is 12.2 Å². The van der Waals surface area contributed by atoms with E-state index in [9.17, 15) is 27.5 Å². The van der Waals surface area contributed by atoms with Crippen LogP contribution in [-0.2, 0) is 6.18 Å². The second-order valence-electron chi connectivity index (χ2n) is 6.87. The quantitative estimate of drug-likeness (QED) is 0.335. The average molecular weight is 445 g/mol. The zero-order valence-electron chi connectivity index (χ0n) is 16.1. The summed E-state index contributed by atoms with van der Waals surface area (Å²) in [7, 11) is 0. The van der Waals surface area contributed by atoms with E-state index in [0.29, 0.717) is 34.2 Å². The van der Waals surface area contributed by atoms with Gasteiger partial charge in [-0.1, -0.05) is 12.1 Å². The molecule has 0 aliphatic heterocycles. The minimum Gasteiger partial charge on any atom is -0.506 e. The average Bonchev–Trinajstić information content (AvgIpc) is 3.12. The van der Waals surface area contributed by atoms with Crippen molar-refractivity contribution in [1.82, 2.24) is 10.2 Å². The van der Waals surface area contributed by atoms with Crippen molar-refractivity contribution in [1.29, 1.82) is 0 Å². The fraction of sp³-hybridized carbons (Fsp3) is 0.0476. The fourth-order valence-corrected chi connectivity index (χ4v) is 3.45. The van der Waals surface area contributed by atoms with E-state index in [1.165, 1.54) is 18.2 Å². The van der Waals surface area contributed by atoms with Crippen LogP contribution < -0.4 is 16.4 Å². The van der Waals surface area contributed by atoms with Gasteiger partial charge in [0.15, 0.2) is 5.82 Å². The number of alkyl halides is 3. The molecule has 0 radical (unpaired) electrons. The molecule has 0 bridgehead atoms. The Hall–Kier alpha value is -4.28. The molecule has 3 aromatic carbocycles. The molecule has 6 N–H and O–H groups in total. The molecule has 0 unspecified atom stereocenters. The zero-order chi connectivity index (χ0) is 23.2. The highest BCUT2D eigenvalue weighted by atomic mass is 19.4. The number of carbonyl (C=O) groups excluding carboxylic acids is 1. The van der Waals surface area contributed by atoms with Gasteiger partial charge in [0.1, 0.15) is 17.1 Å². The molecular formula is C21H15F4N5O2. The normalized spacial score (nSPS) is 11.6. The van der Waals surface area contributed by atoms with Crippen LogP contribution in [0.25, 0.3) is 22.0 Å². The summed E-state index contributed by atoms with van der Waals surface area (Å²) in [6.07, 6.45) is -4.94. The molecule has 1 aromatic heterocycles. The topological polar surface area (TPSA) is 121 Å². The third kappa shape index (κ3) is 3.53. The summed E-state index contributed by atoms with van der Waals surface area (Å²) >= 11 is 0. The largest absolute Gasteiger partial charge is 0.506 e. The number of nitrogens with two attached hydrogens (primary N) is 2. The Morgan fingerprint density at radius 2 is 1.69 bits per heavy atom. The molecule has 0 fully saturated rings. The number of rotatable bonds is 3. The number of fused-ring (bicyclic) bond motifs is 1. The van der Waals surface area contributed by atoms with Crippen LogP contribution in [0, 0.1) is 5.82 Å². The first kappa shape index (κ1) is 21.0. The number of hydrogen-bond acceptors (Lipinski definition) is 4. The second kappa shape index (κ2) is 7.45. The Bertz CT molecular complexity index is 1330. The van der Waals surface area contributed by atoms with E-state index >= 15 is 0 Å². The van der Waals surface area contributed by atoms with Gasteiger partial charge in [0.25, 0.3) is 0 Å². The molecule has 4 rings (SSSR count). The molecule has 2 amide bonds. The van der Waals surface area contributed by atoms with Crippen molar-refractivity contribution in [3.8, 4) is 16.9 Å². The van der Waals surface area contributed by atoms with Crippen LogP contribution in [0.5, 0.6) is 5.75 Å². The van der Waals surface area contributed by atoms with Gasteiger partial charge in [0, 0.05) is 0 Å². The Morgan fingerprint density at radius 3 is 2.31 bits per heavy atom. The Balaban J connectivity index is 1.77. The molecule has 0 aliphatic carbocycles. The molecule has 0 spiro atoms. The maximum Gasteiger partial charge on any atom is 0.419 e. The van der Waals surface area contributed by atoms with Crippen LogP contribution in [0.3, 0.4) is 0 Å². The van der Waals surface area contributed by atoms with Crippen molar-refractivity contribution < 1.29 is 27.5 Å². The summed E-state index contributed by atoms with van der Waals surface area (Å²) in [5.41, 5.74) is 11.3. The van der Waals surface area contributed by atoms with E-state index in [-0.39, 0.29) is 22.9 Å². The number of aromatic amines is 1. The summed E-state index contributed by atoms with van der Waals surface area (Å²) < 4.78 is 52.9. The Labute approximate surface area is 177 Å². The number of aromatic nitrogens is 2. The van der Waals surface area contributed by atoms with Crippen LogP contribution in [-0.4, -0.2) is 21.3 Å². The first-order chi connectivity index (χ1) is 15.1. The SMILES string of the molecule is NC(=O)N(c1ccc(-c2ccc(O)c3[nH]nc(N)c23)cc1)c1ccc(F)c(C(F)(F)F)c1. The van der Waals surface area contributed by atoms with Crippen molar-refractivity contribution in [3.05, 3.63) is 66.0 Å². The van der Waals surface area contributed by atoms with Crippen molar-refractivity contribution in [3.63, 3.8) is 0 Å². The van der Waals surface area contributed by atoms with Crippen LogP contribution in [0.4, 0.5) is 39.5 Å². The number of benzene rings is 3. The lowest BCUT2D eigenvalue weighted by Gasteiger charge is -2.22. The van der Waals surface area contributed by atoms with Gasteiger partial charge in [-0.3, -0.25) is 10.00 Å². The minimum atomic E-state index is -4.94. The number of primary amides is 1. The van der Waals surface area contributed by atoms with Crippen molar-refractivity contribution >= 4 is 34.1 Å². The summed E-state index contributed by atoms with van der Waals surface area (Å²) in [4.78, 5) is 12.9. The maximum absolute atomic E-state index is 13.6. The van der Waals surface area contributed by atoms with Gasteiger partial charge in [-0.25, -0.2) is 9.18 Å². The first-order valence-corrected chi connectivity index (χ1v) is 9.10. The van der Waals surface area contributed by atoms with Crippen LogP contribution >= 0.6 is 0 Å². The number of hydrogen-bond donors (Lipinski definition) is 4. The maximum atomic E-state index is 13.6. The lowest BCUT2D eigenvalue weighted by atomic mass is 10.0. The molecule has 164 valence electrons. The molecule has 0 atom stereocenters. The highest BCUT2D eigenvalue weighted by molar-refractivity contribution is 6.04. The fourth-order valence-electron chi connectivity index (χ4n) is 3.45. The lowest BCUT2D eigenvalue weighted by Crippen LogP contribution is -2.31. The number of nitrogen functional groups attached to an aromatic ring is 1. The third-order valence-electron chi connectivity index (χ3n) is 4.90. The number of aromatic hydroxyl groups is 1. The van der Waals surface area contributed by atoms with Gasteiger partial charge in [-0.2, -0.15) is 18.3 Å². The van der Waals surface area contributed by atoms with E-state index in [1.807, 2.05) is 0 Å². The number of nitrogens with one attached hydrogen (secondary N) is 1. The van der Waals surface area contributed by atoms with Crippen molar-refractivity contribution in [2.24, 2.45) is 5.73 Å². The van der Waals surface area contributed by atoms with Crippen molar-refractivity contribution in [2.75, 3.05) is 10.6 Å². The van der Waals surface area contributed by atoms with E-state index in [2.05, 4.69) is 10.2 Å². The Morgan fingerprint density at radius 1 is 1.03 bits per heavy atom. The predicted molar refractivity (Wildman–Crippen MR) is 111 cm³/mol. The monoisotopic (exact) mass is 445 g/mol. The Kier molecular flexibility index (Phi) is 4.88.